The monoisotopic (exact) mass is 276 g/mol. The number of carboxylic acid groups (broad SMARTS) is 1. The molecule has 4 atom stereocenters. The minimum Gasteiger partial charge on any atom is -0.481 e. The van der Waals surface area contributed by atoms with Crippen molar-refractivity contribution in [2.75, 3.05) is 5.32 Å². The van der Waals surface area contributed by atoms with Crippen LogP contribution in [0.25, 0.3) is 0 Å². The molecule has 0 aliphatic heterocycles. The van der Waals surface area contributed by atoms with Crippen molar-refractivity contribution in [2.45, 2.75) is 19.8 Å². The average Bonchev–Trinajstić information content (AvgIpc) is 2.84. The molecule has 0 saturated heterocycles. The molecule has 1 aromatic heterocycles. The van der Waals surface area contributed by atoms with Crippen LogP contribution in [-0.4, -0.2) is 22.1 Å². The van der Waals surface area contributed by atoms with E-state index in [0.717, 1.165) is 12.8 Å². The fourth-order valence-corrected chi connectivity index (χ4v) is 3.32. The van der Waals surface area contributed by atoms with Gasteiger partial charge in [0, 0.05) is 6.07 Å². The van der Waals surface area contributed by atoms with Crippen LogP contribution < -0.4 is 5.32 Å². The van der Waals surface area contributed by atoms with Crippen LogP contribution in [-0.2, 0) is 9.59 Å². The molecule has 0 spiro atoms. The summed E-state index contributed by atoms with van der Waals surface area (Å²) < 4.78 is 4.89. The number of nitrogens with zero attached hydrogens (tertiary/aromatic N) is 1. The quantitative estimate of drug-likeness (QED) is 0.822. The lowest BCUT2D eigenvalue weighted by Crippen LogP contribution is -2.47. The van der Waals surface area contributed by atoms with Crippen molar-refractivity contribution in [2.24, 2.45) is 23.7 Å². The Bertz CT molecular complexity index is 577. The zero-order chi connectivity index (χ0) is 14.3. The zero-order valence-electron chi connectivity index (χ0n) is 11.1. The Hall–Kier alpha value is -2.11. The number of aliphatic carboxylic acids is 1. The Balaban J connectivity index is 1.82. The van der Waals surface area contributed by atoms with Gasteiger partial charge in [-0.05, 0) is 31.6 Å². The molecule has 1 aromatic rings. The molecule has 2 bridgehead atoms. The molecule has 0 unspecified atom stereocenters. The van der Waals surface area contributed by atoms with Crippen LogP contribution in [0, 0.1) is 30.6 Å². The van der Waals surface area contributed by atoms with Gasteiger partial charge in [0.2, 0.25) is 5.91 Å². The second-order valence-corrected chi connectivity index (χ2v) is 5.49. The molecular weight excluding hydrogens is 260 g/mol. The van der Waals surface area contributed by atoms with Gasteiger partial charge in [0.25, 0.3) is 0 Å². The molecule has 1 saturated carbocycles. The lowest BCUT2D eigenvalue weighted by molar-refractivity contribution is -0.151. The van der Waals surface area contributed by atoms with Crippen molar-refractivity contribution in [3.05, 3.63) is 24.0 Å². The summed E-state index contributed by atoms with van der Waals surface area (Å²) in [6, 6.07) is 1.62. The third kappa shape index (κ3) is 2.11. The maximum absolute atomic E-state index is 12.4. The van der Waals surface area contributed by atoms with Crippen molar-refractivity contribution < 1.29 is 19.2 Å². The van der Waals surface area contributed by atoms with Crippen LogP contribution in [0.3, 0.4) is 0 Å². The van der Waals surface area contributed by atoms with E-state index in [1.54, 1.807) is 13.0 Å². The lowest BCUT2D eigenvalue weighted by Gasteiger charge is -2.41. The molecule has 3 aliphatic carbocycles. The highest BCUT2D eigenvalue weighted by Crippen LogP contribution is 2.45. The Morgan fingerprint density at radius 2 is 1.95 bits per heavy atom. The van der Waals surface area contributed by atoms with Crippen molar-refractivity contribution in [1.29, 1.82) is 0 Å². The van der Waals surface area contributed by atoms with Gasteiger partial charge in [-0.2, -0.15) is 0 Å². The van der Waals surface area contributed by atoms with Crippen molar-refractivity contribution >= 4 is 17.7 Å². The number of rotatable bonds is 3. The van der Waals surface area contributed by atoms with Crippen molar-refractivity contribution in [1.82, 2.24) is 5.16 Å². The van der Waals surface area contributed by atoms with E-state index >= 15 is 0 Å². The lowest BCUT2D eigenvalue weighted by atomic mass is 9.62. The first-order valence-electron chi connectivity index (χ1n) is 6.71. The van der Waals surface area contributed by atoms with E-state index in [1.807, 2.05) is 12.2 Å². The molecule has 4 rings (SSSR count). The number of amides is 1. The maximum Gasteiger partial charge on any atom is 0.307 e. The van der Waals surface area contributed by atoms with Crippen LogP contribution in [0.4, 0.5) is 5.82 Å². The second-order valence-electron chi connectivity index (χ2n) is 5.49. The standard InChI is InChI=1S/C14H16N2O4/c1-7-6-10(16-20-7)15-13(17)11-8-2-4-9(5-3-8)12(11)14(18)19/h2,4,6,8-9,11-12H,3,5H2,1H3,(H,18,19)(H,15,16,17)/t8-,9-,11-,12+/m1/s1. The summed E-state index contributed by atoms with van der Waals surface area (Å²) in [6.45, 7) is 1.73. The van der Waals surface area contributed by atoms with E-state index in [0.29, 0.717) is 11.6 Å². The van der Waals surface area contributed by atoms with Crippen LogP contribution in [0.1, 0.15) is 18.6 Å². The maximum atomic E-state index is 12.4. The summed E-state index contributed by atoms with van der Waals surface area (Å²) in [5.74, 6) is -1.49. The number of fused-ring (bicyclic) bond motifs is 2. The van der Waals surface area contributed by atoms with Crippen LogP contribution in [0.15, 0.2) is 22.7 Å². The minimum absolute atomic E-state index is 0.00546. The topological polar surface area (TPSA) is 92.4 Å². The number of aromatic nitrogens is 1. The van der Waals surface area contributed by atoms with Gasteiger partial charge in [-0.15, -0.1) is 0 Å². The average molecular weight is 276 g/mol. The first kappa shape index (κ1) is 12.9. The molecular formula is C14H16N2O4. The van der Waals surface area contributed by atoms with Gasteiger partial charge in [0.1, 0.15) is 5.76 Å². The van der Waals surface area contributed by atoms with Crippen molar-refractivity contribution in [3.8, 4) is 0 Å². The van der Waals surface area contributed by atoms with E-state index in [2.05, 4.69) is 10.5 Å². The molecule has 1 heterocycles. The van der Waals surface area contributed by atoms with E-state index in [1.165, 1.54) is 0 Å². The number of carbonyl (C=O) groups excluding carboxylic acids is 1. The normalized spacial score (nSPS) is 31.2. The Kier molecular flexibility index (Phi) is 3.08. The molecule has 3 aliphatic rings. The van der Waals surface area contributed by atoms with Gasteiger partial charge < -0.3 is 14.9 Å². The summed E-state index contributed by atoms with van der Waals surface area (Å²) >= 11 is 0. The highest BCUT2D eigenvalue weighted by atomic mass is 16.5. The Morgan fingerprint density at radius 3 is 2.45 bits per heavy atom. The fourth-order valence-electron chi connectivity index (χ4n) is 3.32. The molecule has 0 radical (unpaired) electrons. The number of carbonyl (C=O) groups is 2. The van der Waals surface area contributed by atoms with Gasteiger partial charge in [-0.1, -0.05) is 17.3 Å². The van der Waals surface area contributed by atoms with Gasteiger partial charge in [0.15, 0.2) is 5.82 Å². The number of aryl methyl sites for hydroxylation is 1. The van der Waals surface area contributed by atoms with Gasteiger partial charge in [-0.3, -0.25) is 9.59 Å². The first-order chi connectivity index (χ1) is 9.56. The van der Waals surface area contributed by atoms with Gasteiger partial charge >= 0.3 is 5.97 Å². The zero-order valence-corrected chi connectivity index (χ0v) is 11.1. The molecule has 6 nitrogen and oxygen atoms in total. The predicted molar refractivity (Wildman–Crippen MR) is 69.8 cm³/mol. The Morgan fingerprint density at radius 1 is 1.30 bits per heavy atom. The minimum atomic E-state index is -0.902. The number of carboxylic acids is 1. The SMILES string of the molecule is Cc1cc(NC(=O)[C@H]2[C@@H](C(=O)O)[C@@H]3C=C[C@@H]2CC3)no1. The second kappa shape index (κ2) is 4.77. The number of hydrogen-bond donors (Lipinski definition) is 2. The molecule has 2 N–H and O–H groups in total. The van der Waals surface area contributed by atoms with E-state index in [9.17, 15) is 14.7 Å². The number of nitrogens with one attached hydrogen (secondary N) is 1. The third-order valence-electron chi connectivity index (χ3n) is 4.22. The molecule has 1 fully saturated rings. The van der Waals surface area contributed by atoms with Crippen LogP contribution >= 0.6 is 0 Å². The fraction of sp³-hybridized carbons (Fsp3) is 0.500. The Labute approximate surface area is 115 Å². The summed E-state index contributed by atoms with van der Waals surface area (Å²) in [6.07, 6.45) is 5.62. The number of allylic oxidation sites excluding steroid dienone is 2. The molecule has 6 heteroatoms. The van der Waals surface area contributed by atoms with Gasteiger partial charge in [-0.25, -0.2) is 0 Å². The molecule has 0 aromatic carbocycles. The summed E-state index contributed by atoms with van der Waals surface area (Å²) in [5.41, 5.74) is 0. The largest absolute Gasteiger partial charge is 0.481 e. The third-order valence-corrected chi connectivity index (χ3v) is 4.22. The first-order valence-corrected chi connectivity index (χ1v) is 6.71. The molecule has 106 valence electrons. The van der Waals surface area contributed by atoms with Crippen LogP contribution in [0.2, 0.25) is 0 Å². The van der Waals surface area contributed by atoms with E-state index in [-0.39, 0.29) is 17.7 Å². The summed E-state index contributed by atoms with van der Waals surface area (Å²) in [7, 11) is 0. The van der Waals surface area contributed by atoms with E-state index < -0.39 is 17.8 Å². The number of hydrogen-bond acceptors (Lipinski definition) is 4. The van der Waals surface area contributed by atoms with E-state index in [4.69, 9.17) is 4.52 Å². The van der Waals surface area contributed by atoms with Crippen LogP contribution in [0.5, 0.6) is 0 Å². The summed E-state index contributed by atoms with van der Waals surface area (Å²) in [4.78, 5) is 23.9. The highest BCUT2D eigenvalue weighted by Gasteiger charge is 2.48. The number of anilines is 1. The molecule has 20 heavy (non-hydrogen) atoms. The smallest absolute Gasteiger partial charge is 0.307 e. The van der Waals surface area contributed by atoms with Gasteiger partial charge in [0.05, 0.1) is 11.8 Å². The predicted octanol–water partition coefficient (Wildman–Crippen LogP) is 1.83. The highest BCUT2D eigenvalue weighted by molar-refractivity contribution is 5.95. The molecule has 1 amide bonds. The summed E-state index contributed by atoms with van der Waals surface area (Å²) in [5, 5.41) is 15.8. The van der Waals surface area contributed by atoms with Crippen molar-refractivity contribution in [3.63, 3.8) is 0 Å².